The van der Waals surface area contributed by atoms with Crippen LogP contribution < -0.4 is 14.4 Å². The number of aliphatic hydroxyl groups is 1. The maximum Gasteiger partial charge on any atom is 0.300 e. The van der Waals surface area contributed by atoms with Gasteiger partial charge < -0.3 is 14.6 Å². The molecular formula is C29H27Cl2NO5. The van der Waals surface area contributed by atoms with Gasteiger partial charge in [0.25, 0.3) is 11.7 Å². The highest BCUT2D eigenvalue weighted by Gasteiger charge is 2.47. The molecule has 1 aliphatic rings. The molecule has 1 fully saturated rings. The molecule has 0 spiro atoms. The van der Waals surface area contributed by atoms with Crippen LogP contribution in [0.4, 0.5) is 5.69 Å². The number of benzene rings is 3. The van der Waals surface area contributed by atoms with Crippen molar-refractivity contribution in [1.29, 1.82) is 0 Å². The quantitative estimate of drug-likeness (QED) is 0.199. The van der Waals surface area contributed by atoms with Crippen molar-refractivity contribution < 1.29 is 24.2 Å². The van der Waals surface area contributed by atoms with Gasteiger partial charge in [-0.2, -0.15) is 0 Å². The Bertz CT molecular complexity index is 1360. The highest BCUT2D eigenvalue weighted by atomic mass is 35.5. The van der Waals surface area contributed by atoms with Gasteiger partial charge in [0.1, 0.15) is 11.5 Å². The first-order valence-corrected chi connectivity index (χ1v) is 12.5. The predicted molar refractivity (Wildman–Crippen MR) is 146 cm³/mol. The number of carbonyl (C=O) groups excluding carboxylic acids is 2. The SMILES string of the molecule is COc1c(Cl)cc(/C(O)=C2\C(=O)C(=O)N(c3ccc(OCC(C)C)cc3)C2c2ccccc2C)cc1Cl. The third kappa shape index (κ3) is 5.17. The minimum absolute atomic E-state index is 0.0586. The summed E-state index contributed by atoms with van der Waals surface area (Å²) in [4.78, 5) is 28.2. The van der Waals surface area contributed by atoms with Gasteiger partial charge in [-0.3, -0.25) is 14.5 Å². The Balaban J connectivity index is 1.87. The van der Waals surface area contributed by atoms with E-state index in [4.69, 9.17) is 32.7 Å². The van der Waals surface area contributed by atoms with Crippen molar-refractivity contribution in [2.45, 2.75) is 26.8 Å². The summed E-state index contributed by atoms with van der Waals surface area (Å²) in [5.41, 5.74) is 2.20. The Kier molecular flexibility index (Phi) is 7.81. The lowest BCUT2D eigenvalue weighted by Crippen LogP contribution is -2.29. The lowest BCUT2D eigenvalue weighted by molar-refractivity contribution is -0.132. The summed E-state index contributed by atoms with van der Waals surface area (Å²) in [7, 11) is 1.43. The van der Waals surface area contributed by atoms with Gasteiger partial charge in [-0.25, -0.2) is 0 Å². The summed E-state index contributed by atoms with van der Waals surface area (Å²) in [6, 6.07) is 16.4. The Hall–Kier alpha value is -3.48. The molecule has 1 saturated heterocycles. The largest absolute Gasteiger partial charge is 0.507 e. The van der Waals surface area contributed by atoms with Gasteiger partial charge in [0.15, 0.2) is 5.75 Å². The molecule has 1 aliphatic heterocycles. The monoisotopic (exact) mass is 539 g/mol. The molecule has 37 heavy (non-hydrogen) atoms. The molecule has 192 valence electrons. The molecule has 1 amide bonds. The lowest BCUT2D eigenvalue weighted by atomic mass is 9.92. The van der Waals surface area contributed by atoms with Gasteiger partial charge in [-0.1, -0.05) is 61.3 Å². The number of nitrogens with zero attached hydrogens (tertiary/aromatic N) is 1. The van der Waals surface area contributed by atoms with Crippen molar-refractivity contribution in [1.82, 2.24) is 0 Å². The van der Waals surface area contributed by atoms with Gasteiger partial charge in [0.05, 0.1) is 35.4 Å². The second-order valence-corrected chi connectivity index (χ2v) is 10.0. The Morgan fingerprint density at radius 1 is 1.03 bits per heavy atom. The second-order valence-electron chi connectivity index (χ2n) is 9.20. The van der Waals surface area contributed by atoms with Crippen LogP contribution in [0, 0.1) is 12.8 Å². The number of hydrogen-bond acceptors (Lipinski definition) is 5. The fraction of sp³-hybridized carbons (Fsp3) is 0.241. The Morgan fingerprint density at radius 2 is 1.65 bits per heavy atom. The Labute approximate surface area is 226 Å². The van der Waals surface area contributed by atoms with Crippen LogP contribution in [0.15, 0.2) is 66.2 Å². The number of ether oxygens (including phenoxy) is 2. The number of aliphatic hydroxyl groups excluding tert-OH is 1. The van der Waals surface area contributed by atoms with Crippen molar-refractivity contribution in [2.75, 3.05) is 18.6 Å². The third-order valence-corrected chi connectivity index (χ3v) is 6.66. The van der Waals surface area contributed by atoms with Crippen LogP contribution in [0.25, 0.3) is 5.76 Å². The van der Waals surface area contributed by atoms with Crippen molar-refractivity contribution >= 4 is 46.3 Å². The smallest absolute Gasteiger partial charge is 0.300 e. The molecular weight excluding hydrogens is 513 g/mol. The molecule has 1 atom stereocenters. The molecule has 1 heterocycles. The van der Waals surface area contributed by atoms with E-state index in [-0.39, 0.29) is 32.7 Å². The van der Waals surface area contributed by atoms with Crippen molar-refractivity contribution in [2.24, 2.45) is 5.92 Å². The lowest BCUT2D eigenvalue weighted by Gasteiger charge is -2.27. The summed E-state index contributed by atoms with van der Waals surface area (Å²) in [5.74, 6) is -0.680. The predicted octanol–water partition coefficient (Wildman–Crippen LogP) is 6.97. The summed E-state index contributed by atoms with van der Waals surface area (Å²) in [6.07, 6.45) is 0. The molecule has 0 aliphatic carbocycles. The average Bonchev–Trinajstić information content (AvgIpc) is 3.12. The zero-order valence-corrected chi connectivity index (χ0v) is 22.4. The first-order valence-electron chi connectivity index (χ1n) is 11.8. The third-order valence-electron chi connectivity index (χ3n) is 6.10. The van der Waals surface area contributed by atoms with E-state index in [1.54, 1.807) is 24.3 Å². The molecule has 3 aromatic carbocycles. The number of amides is 1. The minimum atomic E-state index is -0.872. The fourth-order valence-corrected chi connectivity index (χ4v) is 4.94. The number of ketones is 1. The van der Waals surface area contributed by atoms with Gasteiger partial charge in [0, 0.05) is 11.3 Å². The maximum atomic E-state index is 13.4. The summed E-state index contributed by atoms with van der Waals surface area (Å²) in [5, 5.41) is 11.7. The van der Waals surface area contributed by atoms with Crippen molar-refractivity contribution in [3.8, 4) is 11.5 Å². The number of aryl methyl sites for hydroxylation is 1. The molecule has 0 bridgehead atoms. The van der Waals surface area contributed by atoms with Crippen LogP contribution in [-0.2, 0) is 9.59 Å². The van der Waals surface area contributed by atoms with E-state index in [9.17, 15) is 14.7 Å². The normalized spacial score (nSPS) is 16.9. The van der Waals surface area contributed by atoms with E-state index in [1.165, 1.54) is 24.1 Å². The van der Waals surface area contributed by atoms with E-state index in [0.717, 1.165) is 5.56 Å². The summed E-state index contributed by atoms with van der Waals surface area (Å²) in [6.45, 7) is 6.55. The van der Waals surface area contributed by atoms with Gasteiger partial charge in [0.2, 0.25) is 0 Å². The van der Waals surface area contributed by atoms with Gasteiger partial charge in [-0.05, 0) is 60.4 Å². The molecule has 0 saturated carbocycles. The van der Waals surface area contributed by atoms with Crippen LogP contribution >= 0.6 is 23.2 Å². The number of Topliss-reactive ketones (excluding diaryl/α,β-unsaturated/α-hetero) is 1. The molecule has 6 nitrogen and oxygen atoms in total. The van der Waals surface area contributed by atoms with Gasteiger partial charge >= 0.3 is 0 Å². The first-order chi connectivity index (χ1) is 17.6. The molecule has 4 rings (SSSR count). The summed E-state index contributed by atoms with van der Waals surface area (Å²) < 4.78 is 11.0. The summed E-state index contributed by atoms with van der Waals surface area (Å²) >= 11 is 12.6. The number of carbonyl (C=O) groups is 2. The van der Waals surface area contributed by atoms with Crippen LogP contribution in [0.1, 0.15) is 36.6 Å². The zero-order valence-electron chi connectivity index (χ0n) is 20.9. The number of rotatable bonds is 7. The van der Waals surface area contributed by atoms with Crippen molar-refractivity contribution in [3.05, 3.63) is 93.0 Å². The maximum absolute atomic E-state index is 13.4. The molecule has 0 radical (unpaired) electrons. The highest BCUT2D eigenvalue weighted by molar-refractivity contribution is 6.51. The second kappa shape index (κ2) is 10.9. The number of halogens is 2. The van der Waals surface area contributed by atoms with E-state index >= 15 is 0 Å². The van der Waals surface area contributed by atoms with Gasteiger partial charge in [-0.15, -0.1) is 0 Å². The fourth-order valence-electron chi connectivity index (χ4n) is 4.30. The van der Waals surface area contributed by atoms with E-state index in [2.05, 4.69) is 13.8 Å². The zero-order chi connectivity index (χ0) is 26.9. The molecule has 0 aromatic heterocycles. The van der Waals surface area contributed by atoms with Crippen molar-refractivity contribution in [3.63, 3.8) is 0 Å². The molecule has 1 N–H and O–H groups in total. The number of hydrogen-bond donors (Lipinski definition) is 1. The van der Waals surface area contributed by atoms with E-state index in [0.29, 0.717) is 29.5 Å². The molecule has 3 aromatic rings. The van der Waals surface area contributed by atoms with Crippen LogP contribution in [0.5, 0.6) is 11.5 Å². The number of anilines is 1. The van der Waals surface area contributed by atoms with Crippen LogP contribution in [0.2, 0.25) is 10.0 Å². The van der Waals surface area contributed by atoms with Crippen LogP contribution in [0.3, 0.4) is 0 Å². The molecule has 1 unspecified atom stereocenters. The topological polar surface area (TPSA) is 76.1 Å². The van der Waals surface area contributed by atoms with E-state index < -0.39 is 17.7 Å². The average molecular weight is 540 g/mol. The first kappa shape index (κ1) is 26.6. The standard InChI is InChI=1S/C29H27Cl2NO5/c1-16(2)15-37-20-11-9-19(10-12-20)32-25(21-8-6-5-7-17(21)3)24(27(34)29(32)35)26(33)18-13-22(30)28(36-4)23(31)14-18/h5-14,16,25,33H,15H2,1-4H3/b26-24+. The Morgan fingerprint density at radius 3 is 2.22 bits per heavy atom. The highest BCUT2D eigenvalue weighted by Crippen LogP contribution is 2.44. The van der Waals surface area contributed by atoms with Crippen LogP contribution in [-0.4, -0.2) is 30.5 Å². The number of methoxy groups -OCH3 is 1. The van der Waals surface area contributed by atoms with E-state index in [1.807, 2.05) is 31.2 Å². The molecule has 8 heteroatoms. The minimum Gasteiger partial charge on any atom is -0.507 e.